The van der Waals surface area contributed by atoms with Crippen molar-refractivity contribution in [1.29, 1.82) is 0 Å². The molecule has 0 spiro atoms. The van der Waals surface area contributed by atoms with Gasteiger partial charge in [0.1, 0.15) is 5.82 Å². The number of anilines is 1. The molecule has 1 fully saturated rings. The van der Waals surface area contributed by atoms with Crippen LogP contribution in [0, 0.1) is 23.4 Å². The van der Waals surface area contributed by atoms with Gasteiger partial charge in [-0.05, 0) is 45.6 Å². The summed E-state index contributed by atoms with van der Waals surface area (Å²) in [5, 5.41) is 7.59. The quantitative estimate of drug-likeness (QED) is 0.837. The normalized spacial score (nSPS) is 15.0. The Labute approximate surface area is 133 Å². The van der Waals surface area contributed by atoms with Gasteiger partial charge < -0.3 is 5.32 Å². The van der Waals surface area contributed by atoms with Crippen molar-refractivity contribution in [1.82, 2.24) is 9.78 Å². The fourth-order valence-corrected chi connectivity index (χ4v) is 2.53. The number of hydrogen-bond donors (Lipinski definition) is 1. The molecule has 0 bridgehead atoms. The van der Waals surface area contributed by atoms with E-state index in [2.05, 4.69) is 10.4 Å². The zero-order valence-corrected chi connectivity index (χ0v) is 13.5. The van der Waals surface area contributed by atoms with E-state index in [1.54, 1.807) is 10.9 Å². The van der Waals surface area contributed by atoms with Crippen molar-refractivity contribution in [2.45, 2.75) is 39.2 Å². The highest BCUT2D eigenvalue weighted by Crippen LogP contribution is 2.36. The fourth-order valence-electron chi connectivity index (χ4n) is 2.53. The van der Waals surface area contributed by atoms with Crippen molar-refractivity contribution >= 4 is 5.69 Å². The maximum absolute atomic E-state index is 14.3. The fraction of sp³-hybridized carbons (Fsp3) is 0.471. The molecule has 1 aromatic heterocycles. The second kappa shape index (κ2) is 5.58. The molecule has 3 nitrogen and oxygen atoms in total. The van der Waals surface area contributed by atoms with Gasteiger partial charge in [-0.25, -0.2) is 13.2 Å². The summed E-state index contributed by atoms with van der Waals surface area (Å²) in [6.45, 7) is 6.54. The minimum Gasteiger partial charge on any atom is -0.382 e. The molecule has 2 aromatic rings. The van der Waals surface area contributed by atoms with Gasteiger partial charge >= 0.3 is 0 Å². The lowest BCUT2D eigenvalue weighted by Gasteiger charge is -2.23. The Morgan fingerprint density at radius 2 is 1.78 bits per heavy atom. The highest BCUT2D eigenvalue weighted by Gasteiger charge is 2.27. The SMILES string of the molecule is CC(C)(C)n1ncc(NCC2CC2)c1-c1cc(F)c(F)cc1F. The molecule has 0 amide bonds. The van der Waals surface area contributed by atoms with E-state index in [4.69, 9.17) is 0 Å². The van der Waals surface area contributed by atoms with Crippen LogP contribution in [0.4, 0.5) is 18.9 Å². The summed E-state index contributed by atoms with van der Waals surface area (Å²) >= 11 is 0. The van der Waals surface area contributed by atoms with E-state index in [0.29, 0.717) is 23.4 Å². The Morgan fingerprint density at radius 1 is 1.13 bits per heavy atom. The summed E-state index contributed by atoms with van der Waals surface area (Å²) in [5.74, 6) is -2.45. The molecule has 0 radical (unpaired) electrons. The van der Waals surface area contributed by atoms with E-state index < -0.39 is 23.0 Å². The van der Waals surface area contributed by atoms with E-state index >= 15 is 0 Å². The molecule has 6 heteroatoms. The number of nitrogens with one attached hydrogen (secondary N) is 1. The highest BCUT2D eigenvalue weighted by atomic mass is 19.2. The number of nitrogens with zero attached hydrogens (tertiary/aromatic N) is 2. The zero-order valence-electron chi connectivity index (χ0n) is 13.5. The zero-order chi connectivity index (χ0) is 16.8. The predicted molar refractivity (Wildman–Crippen MR) is 83.7 cm³/mol. The Bertz CT molecular complexity index is 727. The molecule has 0 atom stereocenters. The van der Waals surface area contributed by atoms with Crippen molar-refractivity contribution in [3.8, 4) is 11.3 Å². The minimum atomic E-state index is -1.19. The van der Waals surface area contributed by atoms with Gasteiger partial charge in [-0.15, -0.1) is 0 Å². The van der Waals surface area contributed by atoms with Crippen LogP contribution in [0.5, 0.6) is 0 Å². The molecule has 1 aromatic carbocycles. The lowest BCUT2D eigenvalue weighted by Crippen LogP contribution is -2.24. The third-order valence-electron chi connectivity index (χ3n) is 3.95. The van der Waals surface area contributed by atoms with E-state index in [0.717, 1.165) is 12.6 Å². The van der Waals surface area contributed by atoms with Crippen molar-refractivity contribution in [3.63, 3.8) is 0 Å². The second-order valence-corrected chi connectivity index (χ2v) is 7.06. The Morgan fingerprint density at radius 3 is 2.39 bits per heavy atom. The number of hydrogen-bond acceptors (Lipinski definition) is 2. The van der Waals surface area contributed by atoms with Crippen LogP contribution in [0.3, 0.4) is 0 Å². The summed E-state index contributed by atoms with van der Waals surface area (Å²) in [7, 11) is 0. The van der Waals surface area contributed by atoms with Gasteiger partial charge in [0.15, 0.2) is 11.6 Å². The van der Waals surface area contributed by atoms with Crippen LogP contribution >= 0.6 is 0 Å². The summed E-state index contributed by atoms with van der Waals surface area (Å²) < 4.78 is 42.8. The molecule has 1 N–H and O–H groups in total. The average molecular weight is 323 g/mol. The summed E-state index contributed by atoms with van der Waals surface area (Å²) in [6.07, 6.45) is 3.97. The molecule has 1 aliphatic carbocycles. The minimum absolute atomic E-state index is 0.00891. The van der Waals surface area contributed by atoms with Crippen LogP contribution in [0.1, 0.15) is 33.6 Å². The maximum Gasteiger partial charge on any atom is 0.161 e. The second-order valence-electron chi connectivity index (χ2n) is 7.06. The Hall–Kier alpha value is -1.98. The van der Waals surface area contributed by atoms with E-state index in [1.165, 1.54) is 12.8 Å². The van der Waals surface area contributed by atoms with E-state index in [-0.39, 0.29) is 5.56 Å². The largest absolute Gasteiger partial charge is 0.382 e. The molecular formula is C17H20F3N3. The molecule has 1 aliphatic rings. The van der Waals surface area contributed by atoms with Crippen LogP contribution in [0.15, 0.2) is 18.3 Å². The lowest BCUT2D eigenvalue weighted by molar-refractivity contribution is 0.359. The van der Waals surface area contributed by atoms with Crippen LogP contribution in [0.2, 0.25) is 0 Å². The monoisotopic (exact) mass is 323 g/mol. The van der Waals surface area contributed by atoms with Gasteiger partial charge in [0, 0.05) is 18.2 Å². The summed E-state index contributed by atoms with van der Waals surface area (Å²) in [6, 6.07) is 1.47. The smallest absolute Gasteiger partial charge is 0.161 e. The molecule has 0 aliphatic heterocycles. The number of aromatic nitrogens is 2. The molecule has 23 heavy (non-hydrogen) atoms. The number of rotatable bonds is 4. The number of halogens is 3. The van der Waals surface area contributed by atoms with Gasteiger partial charge in [-0.3, -0.25) is 4.68 Å². The van der Waals surface area contributed by atoms with Gasteiger partial charge in [0.05, 0.1) is 23.1 Å². The van der Waals surface area contributed by atoms with Crippen molar-refractivity contribution < 1.29 is 13.2 Å². The summed E-state index contributed by atoms with van der Waals surface area (Å²) in [5.41, 5.74) is 0.660. The standard InChI is InChI=1S/C17H20F3N3/c1-17(2,3)23-16(11-6-13(19)14(20)7-12(11)18)15(9-22-23)21-8-10-4-5-10/h6-7,9-10,21H,4-5,8H2,1-3H3. The topological polar surface area (TPSA) is 29.9 Å². The first-order valence-electron chi connectivity index (χ1n) is 7.74. The van der Waals surface area contributed by atoms with Gasteiger partial charge in [0.2, 0.25) is 0 Å². The van der Waals surface area contributed by atoms with E-state index in [1.807, 2.05) is 20.8 Å². The molecule has 124 valence electrons. The van der Waals surface area contributed by atoms with Gasteiger partial charge in [0.25, 0.3) is 0 Å². The van der Waals surface area contributed by atoms with Crippen molar-refractivity contribution in [2.75, 3.05) is 11.9 Å². The Kier molecular flexibility index (Phi) is 3.86. The first kappa shape index (κ1) is 15.9. The van der Waals surface area contributed by atoms with Crippen LogP contribution in [0.25, 0.3) is 11.3 Å². The molecule has 0 saturated heterocycles. The average Bonchev–Trinajstić information content (AvgIpc) is 3.18. The van der Waals surface area contributed by atoms with Gasteiger partial charge in [-0.1, -0.05) is 0 Å². The van der Waals surface area contributed by atoms with E-state index in [9.17, 15) is 13.2 Å². The first-order chi connectivity index (χ1) is 10.8. The molecule has 1 saturated carbocycles. The highest BCUT2D eigenvalue weighted by molar-refractivity contribution is 5.75. The molecular weight excluding hydrogens is 303 g/mol. The van der Waals surface area contributed by atoms with Crippen LogP contribution in [-0.2, 0) is 5.54 Å². The molecule has 3 rings (SSSR count). The maximum atomic E-state index is 14.3. The van der Waals surface area contributed by atoms with Crippen molar-refractivity contribution in [2.24, 2.45) is 5.92 Å². The first-order valence-corrected chi connectivity index (χ1v) is 7.74. The number of benzene rings is 1. The van der Waals surface area contributed by atoms with Crippen LogP contribution in [-0.4, -0.2) is 16.3 Å². The predicted octanol–water partition coefficient (Wildman–Crippen LogP) is 4.54. The molecule has 0 unspecified atom stereocenters. The van der Waals surface area contributed by atoms with Crippen molar-refractivity contribution in [3.05, 3.63) is 35.8 Å². The van der Waals surface area contributed by atoms with Gasteiger partial charge in [-0.2, -0.15) is 5.10 Å². The third-order valence-corrected chi connectivity index (χ3v) is 3.95. The summed E-state index contributed by atoms with van der Waals surface area (Å²) in [4.78, 5) is 0. The molecule has 1 heterocycles. The third kappa shape index (κ3) is 3.21. The lowest BCUT2D eigenvalue weighted by atomic mass is 10.1. The van der Waals surface area contributed by atoms with Crippen LogP contribution < -0.4 is 5.32 Å². The Balaban J connectivity index is 2.10.